The van der Waals surface area contributed by atoms with Gasteiger partial charge >= 0.3 is 6.09 Å². The minimum Gasteiger partial charge on any atom is -0.453 e. The molecule has 63 heavy (non-hydrogen) atoms. The molecule has 336 valence electrons. The zero-order valence-electron chi connectivity index (χ0n) is 36.7. The molecule has 5 N–H and O–H groups in total. The van der Waals surface area contributed by atoms with Gasteiger partial charge in [0.1, 0.15) is 29.8 Å². The van der Waals surface area contributed by atoms with Gasteiger partial charge in [-0.25, -0.2) is 23.5 Å². The number of likely N-dealkylation sites (tertiary alicyclic amines) is 1. The molecule has 8 rings (SSSR count). The van der Waals surface area contributed by atoms with Crippen LogP contribution in [0.15, 0.2) is 48.5 Å². The second-order valence-electron chi connectivity index (χ2n) is 17.5. The fraction of sp³-hybridized carbons (Fsp3) is 0.511. The third-order valence-corrected chi connectivity index (χ3v) is 13.1. The van der Waals surface area contributed by atoms with Gasteiger partial charge in [-0.1, -0.05) is 26.0 Å². The van der Waals surface area contributed by atoms with Crippen molar-refractivity contribution in [3.8, 4) is 0 Å². The summed E-state index contributed by atoms with van der Waals surface area (Å²) in [7, 11) is 3.06. The highest BCUT2D eigenvalue weighted by molar-refractivity contribution is 5.83. The van der Waals surface area contributed by atoms with Crippen LogP contribution in [0.25, 0.3) is 22.1 Å². The molecule has 0 bridgehead atoms. The number of aromatic amines is 2. The summed E-state index contributed by atoms with van der Waals surface area (Å²) in [4.78, 5) is 59.7. The summed E-state index contributed by atoms with van der Waals surface area (Å²) >= 11 is 0. The molecule has 0 aliphatic carbocycles. The smallest absolute Gasteiger partial charge is 0.407 e. The molecule has 2 aromatic heterocycles. The van der Waals surface area contributed by atoms with Gasteiger partial charge in [-0.2, -0.15) is 0 Å². The van der Waals surface area contributed by atoms with Gasteiger partial charge in [0.05, 0.1) is 64.7 Å². The number of hydrogen-bond acceptors (Lipinski definition) is 9. The maximum Gasteiger partial charge on any atom is 0.407 e. The number of carbonyl (C=O) groups is 3. The Hall–Kier alpha value is -5.77. The lowest BCUT2D eigenvalue weighted by molar-refractivity contribution is -0.131. The first-order valence-corrected chi connectivity index (χ1v) is 22.6. The molecule has 0 saturated carbocycles. The van der Waals surface area contributed by atoms with Gasteiger partial charge in [0.25, 0.3) is 0 Å². The molecule has 0 spiro atoms. The minimum absolute atomic E-state index is 0.0116. The van der Waals surface area contributed by atoms with Crippen molar-refractivity contribution in [1.82, 2.24) is 40.8 Å². The standard InChI is InChI=1S/C47H60F2N10O4/c1-28(2)44(50-3)46(61)51-19-7-6-12-42-53-33-15-13-29(23-35(33)54-42)37-17-18-38(59(37)41-26-31(48)40(25-32(41)49)57-20-8-5-9-21-57)30-14-16-34-36(24-30)56-45(55-34)39-11-10-22-58(39)43(60)27-52-47(62)63-4/h13-16,23-26,28,37-39,44,50H,5-12,17-22,27H2,1-4H3,(H,51,61)(H,52,62)(H,53,54)(H,55,56)/t37-,38-,39+,44?/m1/s1. The highest BCUT2D eigenvalue weighted by atomic mass is 19.1. The van der Waals surface area contributed by atoms with E-state index in [0.29, 0.717) is 50.5 Å². The number of methoxy groups -OCH3 is 1. The molecular formula is C47H60F2N10O4. The number of piperidine rings is 1. The molecule has 3 saturated heterocycles. The number of ether oxygens (including phenoxy) is 1. The van der Waals surface area contributed by atoms with E-state index in [2.05, 4.69) is 36.7 Å². The number of carbonyl (C=O) groups excluding carboxylic acids is 3. The van der Waals surface area contributed by atoms with Crippen molar-refractivity contribution >= 4 is 51.3 Å². The number of imidazole rings is 2. The van der Waals surface area contributed by atoms with E-state index in [0.717, 1.165) is 90.4 Å². The number of aryl methyl sites for hydroxylation is 1. The largest absolute Gasteiger partial charge is 0.453 e. The van der Waals surface area contributed by atoms with Crippen molar-refractivity contribution < 1.29 is 27.9 Å². The van der Waals surface area contributed by atoms with Crippen LogP contribution in [-0.4, -0.2) is 95.7 Å². The van der Waals surface area contributed by atoms with Crippen LogP contribution in [0.5, 0.6) is 0 Å². The number of nitrogens with one attached hydrogen (secondary N) is 5. The zero-order valence-corrected chi connectivity index (χ0v) is 36.7. The first-order chi connectivity index (χ1) is 30.5. The number of alkyl carbamates (subject to hydrolysis) is 1. The lowest BCUT2D eigenvalue weighted by Crippen LogP contribution is -2.46. The van der Waals surface area contributed by atoms with Crippen molar-refractivity contribution in [3.05, 3.63) is 82.9 Å². The molecule has 1 unspecified atom stereocenters. The van der Waals surface area contributed by atoms with Crippen LogP contribution >= 0.6 is 0 Å². The zero-order chi connectivity index (χ0) is 44.2. The number of rotatable bonds is 15. The van der Waals surface area contributed by atoms with E-state index in [1.807, 2.05) is 54.0 Å². The quantitative estimate of drug-likeness (QED) is 0.0671. The summed E-state index contributed by atoms with van der Waals surface area (Å²) in [6.45, 7) is 6.42. The molecular weight excluding hydrogens is 807 g/mol. The van der Waals surface area contributed by atoms with Crippen LogP contribution in [0.2, 0.25) is 0 Å². The molecule has 3 aliphatic heterocycles. The molecule has 16 heteroatoms. The average molecular weight is 867 g/mol. The minimum atomic E-state index is -0.665. The lowest BCUT2D eigenvalue weighted by Gasteiger charge is -2.35. The van der Waals surface area contributed by atoms with Crippen LogP contribution in [-0.2, 0) is 20.7 Å². The maximum atomic E-state index is 16.7. The predicted molar refractivity (Wildman–Crippen MR) is 240 cm³/mol. The van der Waals surface area contributed by atoms with Crippen LogP contribution < -0.4 is 25.8 Å². The highest BCUT2D eigenvalue weighted by Gasteiger charge is 2.39. The Morgan fingerprint density at radius 2 is 1.46 bits per heavy atom. The molecule has 4 atom stereocenters. The van der Waals surface area contributed by atoms with E-state index in [4.69, 9.17) is 9.97 Å². The van der Waals surface area contributed by atoms with Crippen molar-refractivity contribution in [2.24, 2.45) is 5.92 Å². The van der Waals surface area contributed by atoms with Gasteiger partial charge in [0.2, 0.25) is 11.8 Å². The van der Waals surface area contributed by atoms with Crippen molar-refractivity contribution in [2.75, 3.05) is 56.7 Å². The number of likely N-dealkylation sites (N-methyl/N-ethyl adjacent to an activating group) is 1. The summed E-state index contributed by atoms with van der Waals surface area (Å²) in [5.41, 5.74) is 5.69. The number of benzene rings is 3. The van der Waals surface area contributed by atoms with E-state index in [1.165, 1.54) is 19.2 Å². The number of nitrogens with zero attached hydrogens (tertiary/aromatic N) is 5. The van der Waals surface area contributed by atoms with E-state index >= 15 is 8.78 Å². The molecule has 14 nitrogen and oxygen atoms in total. The first-order valence-electron chi connectivity index (χ1n) is 22.6. The number of unbranched alkanes of at least 4 members (excludes halogenated alkanes) is 1. The summed E-state index contributed by atoms with van der Waals surface area (Å²) in [6, 6.07) is 13.9. The third kappa shape index (κ3) is 9.46. The molecule has 0 radical (unpaired) electrons. The molecule has 5 heterocycles. The Balaban J connectivity index is 1.05. The Morgan fingerprint density at radius 1 is 0.794 bits per heavy atom. The van der Waals surface area contributed by atoms with Crippen LogP contribution in [0.3, 0.4) is 0 Å². The van der Waals surface area contributed by atoms with Crippen LogP contribution in [0.1, 0.15) is 113 Å². The SMILES string of the molecule is CNC(C(=O)NCCCCc1nc2ccc([C@H]3CC[C@H](c4ccc5nc([C@@H]6CCCN6C(=O)CNC(=O)OC)[nH]c5c4)N3c3cc(F)c(N4CCCCC4)cc3F)cc2[nH]1)C(C)C. The molecule has 3 aromatic carbocycles. The van der Waals surface area contributed by atoms with Gasteiger partial charge in [-0.05, 0) is 106 Å². The number of amides is 3. The van der Waals surface area contributed by atoms with Gasteiger partial charge in [-0.3, -0.25) is 9.59 Å². The Labute approximate surface area is 366 Å². The summed E-state index contributed by atoms with van der Waals surface area (Å²) in [6.07, 6.45) is 7.64. The van der Waals surface area contributed by atoms with Crippen LogP contribution in [0.4, 0.5) is 25.0 Å². The Kier molecular flexibility index (Phi) is 13.4. The van der Waals surface area contributed by atoms with E-state index < -0.39 is 17.7 Å². The summed E-state index contributed by atoms with van der Waals surface area (Å²) < 4.78 is 37.5. The summed E-state index contributed by atoms with van der Waals surface area (Å²) in [5.74, 6) is 0.625. The van der Waals surface area contributed by atoms with Gasteiger partial charge < -0.3 is 45.4 Å². The second-order valence-corrected chi connectivity index (χ2v) is 17.5. The average Bonchev–Trinajstić information content (AvgIpc) is 4.11. The number of halogens is 2. The van der Waals surface area contributed by atoms with Crippen molar-refractivity contribution in [3.63, 3.8) is 0 Å². The van der Waals surface area contributed by atoms with Gasteiger partial charge in [-0.15, -0.1) is 0 Å². The highest BCUT2D eigenvalue weighted by Crippen LogP contribution is 2.49. The Morgan fingerprint density at radius 3 is 2.14 bits per heavy atom. The van der Waals surface area contributed by atoms with Crippen molar-refractivity contribution in [1.29, 1.82) is 0 Å². The first kappa shape index (κ1) is 43.9. The molecule has 3 fully saturated rings. The molecule has 5 aromatic rings. The number of hydrogen-bond donors (Lipinski definition) is 5. The topological polar surface area (TPSA) is 164 Å². The monoisotopic (exact) mass is 866 g/mol. The number of aromatic nitrogens is 4. The lowest BCUT2D eigenvalue weighted by atomic mass is 10.0. The van der Waals surface area contributed by atoms with Crippen LogP contribution in [0, 0.1) is 17.6 Å². The Bertz CT molecular complexity index is 2430. The number of fused-ring (bicyclic) bond motifs is 2. The molecule has 3 aliphatic rings. The summed E-state index contributed by atoms with van der Waals surface area (Å²) in [5, 5.41) is 8.60. The predicted octanol–water partition coefficient (Wildman–Crippen LogP) is 7.49. The van der Waals surface area contributed by atoms with Gasteiger partial charge in [0.15, 0.2) is 0 Å². The molecule has 3 amide bonds. The van der Waals surface area contributed by atoms with Crippen molar-refractivity contribution in [2.45, 2.75) is 102 Å². The number of H-pyrrole nitrogens is 2. The maximum absolute atomic E-state index is 16.7. The normalized spacial score (nSPS) is 19.7. The number of anilines is 2. The second kappa shape index (κ2) is 19.3. The van der Waals surface area contributed by atoms with Gasteiger partial charge in [0, 0.05) is 44.7 Å². The third-order valence-electron chi connectivity index (χ3n) is 13.1. The van der Waals surface area contributed by atoms with E-state index in [9.17, 15) is 14.4 Å². The van der Waals surface area contributed by atoms with E-state index in [-0.39, 0.29) is 54.1 Å². The van der Waals surface area contributed by atoms with E-state index in [1.54, 1.807) is 11.9 Å². The fourth-order valence-corrected chi connectivity index (χ4v) is 9.90. The fourth-order valence-electron chi connectivity index (χ4n) is 9.90.